The third kappa shape index (κ3) is 4.87. The van der Waals surface area contributed by atoms with Crippen molar-refractivity contribution < 1.29 is 9.53 Å². The first-order chi connectivity index (χ1) is 14.6. The van der Waals surface area contributed by atoms with Crippen molar-refractivity contribution >= 4 is 39.8 Å². The number of nitrogens with zero attached hydrogens (tertiary/aromatic N) is 4. The Labute approximate surface area is 181 Å². The smallest absolute Gasteiger partial charge is 0.257 e. The molecule has 0 atom stereocenters. The van der Waals surface area contributed by atoms with Gasteiger partial charge in [0.1, 0.15) is 18.0 Å². The first-order valence-electron chi connectivity index (χ1n) is 9.16. The predicted molar refractivity (Wildman–Crippen MR) is 119 cm³/mol. The molecular formula is C21H19N5O2S2. The number of carbonyl (C=O) groups excluding carboxylic acids is 1. The number of aromatic nitrogens is 4. The molecular weight excluding hydrogens is 418 g/mol. The summed E-state index contributed by atoms with van der Waals surface area (Å²) < 4.78 is 8.60. The van der Waals surface area contributed by atoms with E-state index in [-0.39, 0.29) is 5.91 Å². The number of ether oxygens (including phenoxy) is 1. The van der Waals surface area contributed by atoms with Gasteiger partial charge in [0.2, 0.25) is 5.13 Å². The molecule has 0 aliphatic heterocycles. The molecule has 3 heterocycles. The van der Waals surface area contributed by atoms with Gasteiger partial charge < -0.3 is 9.14 Å². The molecule has 4 rings (SSSR count). The Balaban J connectivity index is 1.39. The van der Waals surface area contributed by atoms with Crippen LogP contribution in [0, 0.1) is 6.92 Å². The molecule has 152 valence electrons. The first-order valence-corrected chi connectivity index (χ1v) is 11.0. The number of nitrogens with one attached hydrogen (secondary N) is 1. The van der Waals surface area contributed by atoms with Crippen molar-refractivity contribution in [3.8, 4) is 5.75 Å². The summed E-state index contributed by atoms with van der Waals surface area (Å²) in [4.78, 5) is 17.1. The second-order valence-electron chi connectivity index (χ2n) is 6.45. The Hall–Kier alpha value is -3.17. The summed E-state index contributed by atoms with van der Waals surface area (Å²) in [5, 5.41) is 11.3. The van der Waals surface area contributed by atoms with E-state index in [2.05, 4.69) is 27.1 Å². The van der Waals surface area contributed by atoms with Crippen LogP contribution in [0.25, 0.3) is 5.65 Å². The van der Waals surface area contributed by atoms with Crippen LogP contribution in [0.3, 0.4) is 0 Å². The fourth-order valence-electron chi connectivity index (χ4n) is 2.73. The number of benzene rings is 1. The predicted octanol–water partition coefficient (Wildman–Crippen LogP) is 4.60. The van der Waals surface area contributed by atoms with E-state index in [1.165, 1.54) is 23.1 Å². The number of hydrogen-bond acceptors (Lipinski definition) is 7. The van der Waals surface area contributed by atoms with E-state index in [1.807, 2.05) is 41.9 Å². The van der Waals surface area contributed by atoms with E-state index in [4.69, 9.17) is 4.74 Å². The van der Waals surface area contributed by atoms with Gasteiger partial charge in [-0.15, -0.1) is 16.8 Å². The van der Waals surface area contributed by atoms with Crippen LogP contribution in [-0.4, -0.2) is 31.2 Å². The number of imidazole rings is 1. The molecule has 0 spiro atoms. The van der Waals surface area contributed by atoms with Crippen LogP contribution in [0.5, 0.6) is 5.75 Å². The van der Waals surface area contributed by atoms with E-state index < -0.39 is 0 Å². The van der Waals surface area contributed by atoms with Crippen molar-refractivity contribution in [2.24, 2.45) is 0 Å². The van der Waals surface area contributed by atoms with Crippen LogP contribution >= 0.6 is 23.1 Å². The van der Waals surface area contributed by atoms with E-state index >= 15 is 0 Å². The molecule has 0 saturated heterocycles. The molecule has 0 saturated carbocycles. The highest BCUT2D eigenvalue weighted by molar-refractivity contribution is 8.01. The summed E-state index contributed by atoms with van der Waals surface area (Å²) in [6.45, 7) is 6.02. The van der Waals surface area contributed by atoms with Crippen molar-refractivity contribution in [2.75, 3.05) is 11.1 Å². The summed E-state index contributed by atoms with van der Waals surface area (Å²) in [6.07, 6.45) is 5.75. The molecule has 1 amide bonds. The molecule has 1 N–H and O–H groups in total. The maximum absolute atomic E-state index is 12.5. The van der Waals surface area contributed by atoms with Crippen LogP contribution in [0.4, 0.5) is 5.13 Å². The number of hydrogen-bond donors (Lipinski definition) is 1. The monoisotopic (exact) mass is 437 g/mol. The zero-order valence-corrected chi connectivity index (χ0v) is 17.9. The fourth-order valence-corrected chi connectivity index (χ4v) is 4.24. The van der Waals surface area contributed by atoms with Crippen molar-refractivity contribution in [3.63, 3.8) is 0 Å². The molecule has 30 heavy (non-hydrogen) atoms. The molecule has 3 aromatic heterocycles. The van der Waals surface area contributed by atoms with Crippen LogP contribution < -0.4 is 10.1 Å². The lowest BCUT2D eigenvalue weighted by molar-refractivity contribution is 0.102. The van der Waals surface area contributed by atoms with Gasteiger partial charge in [-0.25, -0.2) is 4.98 Å². The molecule has 1 aromatic carbocycles. The third-order valence-corrected chi connectivity index (χ3v) is 6.05. The minimum atomic E-state index is -0.264. The Morgan fingerprint density at radius 1 is 1.30 bits per heavy atom. The van der Waals surface area contributed by atoms with Gasteiger partial charge in [-0.1, -0.05) is 41.3 Å². The summed E-state index contributed by atoms with van der Waals surface area (Å²) in [5.74, 6) is 1.07. The van der Waals surface area contributed by atoms with Crippen LogP contribution in [-0.2, 0) is 6.61 Å². The topological polar surface area (TPSA) is 81.4 Å². The number of amides is 1. The number of pyridine rings is 1. The lowest BCUT2D eigenvalue weighted by Crippen LogP contribution is -2.11. The first kappa shape index (κ1) is 20.1. The number of anilines is 1. The van der Waals surface area contributed by atoms with Crippen LogP contribution in [0.15, 0.2) is 65.8 Å². The zero-order valence-electron chi connectivity index (χ0n) is 16.2. The molecule has 0 radical (unpaired) electrons. The number of fused-ring (bicyclic) bond motifs is 1. The summed E-state index contributed by atoms with van der Waals surface area (Å²) in [6, 6.07) is 11.0. The summed E-state index contributed by atoms with van der Waals surface area (Å²) in [7, 11) is 0. The van der Waals surface area contributed by atoms with Crippen molar-refractivity contribution in [1.29, 1.82) is 0 Å². The molecule has 0 unspecified atom stereocenters. The Bertz CT molecular complexity index is 1200. The number of aryl methyl sites for hydroxylation is 1. The van der Waals surface area contributed by atoms with Crippen molar-refractivity contribution in [2.45, 2.75) is 17.9 Å². The normalized spacial score (nSPS) is 10.8. The van der Waals surface area contributed by atoms with Crippen molar-refractivity contribution in [3.05, 3.63) is 78.3 Å². The third-order valence-electron chi connectivity index (χ3n) is 4.08. The van der Waals surface area contributed by atoms with E-state index in [0.717, 1.165) is 27.0 Å². The highest BCUT2D eigenvalue weighted by Gasteiger charge is 2.12. The second kappa shape index (κ2) is 9.10. The highest BCUT2D eigenvalue weighted by atomic mass is 32.2. The van der Waals surface area contributed by atoms with Gasteiger partial charge in [0.15, 0.2) is 4.34 Å². The minimum absolute atomic E-state index is 0.264. The fraction of sp³-hybridized carbons (Fsp3) is 0.143. The Morgan fingerprint density at radius 2 is 2.20 bits per heavy atom. The number of carbonyl (C=O) groups is 1. The van der Waals surface area contributed by atoms with Gasteiger partial charge in [-0.2, -0.15) is 0 Å². The lowest BCUT2D eigenvalue weighted by atomic mass is 10.2. The molecule has 0 aliphatic carbocycles. The number of thioether (sulfide) groups is 1. The van der Waals surface area contributed by atoms with Crippen LogP contribution in [0.1, 0.15) is 21.6 Å². The minimum Gasteiger partial charge on any atom is -0.487 e. The highest BCUT2D eigenvalue weighted by Crippen LogP contribution is 2.26. The van der Waals surface area contributed by atoms with E-state index in [9.17, 15) is 4.79 Å². The summed E-state index contributed by atoms with van der Waals surface area (Å²) >= 11 is 2.85. The lowest BCUT2D eigenvalue weighted by Gasteiger charge is -2.06. The molecule has 9 heteroatoms. The SMILES string of the molecule is C=CCSc1nnc(NC(=O)c2cccc(OCc3cn4cc(C)ccc4n3)c2)s1. The van der Waals surface area contributed by atoms with Gasteiger partial charge in [-0.3, -0.25) is 10.1 Å². The maximum Gasteiger partial charge on any atom is 0.257 e. The Morgan fingerprint density at radius 3 is 3.07 bits per heavy atom. The average Bonchev–Trinajstić information content (AvgIpc) is 3.36. The van der Waals surface area contributed by atoms with Crippen molar-refractivity contribution in [1.82, 2.24) is 19.6 Å². The van der Waals surface area contributed by atoms with Gasteiger partial charge in [0.25, 0.3) is 5.91 Å². The quantitative estimate of drug-likeness (QED) is 0.246. The second-order valence-corrected chi connectivity index (χ2v) is 8.69. The molecule has 7 nitrogen and oxygen atoms in total. The standard InChI is InChI=1S/C21H19N5O2S2/c1-3-9-29-21-25-24-20(30-21)23-19(27)15-5-4-6-17(10-15)28-13-16-12-26-11-14(2)7-8-18(26)22-16/h3-8,10-12H,1,9,13H2,2H3,(H,23,24,27). The summed E-state index contributed by atoms with van der Waals surface area (Å²) in [5.41, 5.74) is 3.32. The molecule has 4 aromatic rings. The van der Waals surface area contributed by atoms with E-state index in [1.54, 1.807) is 24.3 Å². The maximum atomic E-state index is 12.5. The van der Waals surface area contributed by atoms with Crippen LogP contribution in [0.2, 0.25) is 0 Å². The molecule has 0 aliphatic rings. The zero-order chi connectivity index (χ0) is 20.9. The Kier molecular flexibility index (Phi) is 6.10. The number of rotatable bonds is 8. The molecule has 0 fully saturated rings. The molecule has 0 bridgehead atoms. The van der Waals surface area contributed by atoms with Gasteiger partial charge in [-0.05, 0) is 36.8 Å². The van der Waals surface area contributed by atoms with Gasteiger partial charge >= 0.3 is 0 Å². The van der Waals surface area contributed by atoms with E-state index in [0.29, 0.717) is 23.1 Å². The van der Waals surface area contributed by atoms with Gasteiger partial charge in [0, 0.05) is 23.7 Å². The largest absolute Gasteiger partial charge is 0.487 e. The van der Waals surface area contributed by atoms with Gasteiger partial charge in [0.05, 0.1) is 5.69 Å². The average molecular weight is 438 g/mol.